The van der Waals surface area contributed by atoms with E-state index >= 15 is 0 Å². The predicted molar refractivity (Wildman–Crippen MR) is 135 cm³/mol. The third-order valence-corrected chi connectivity index (χ3v) is 10.2. The van der Waals surface area contributed by atoms with Gasteiger partial charge in [-0.15, -0.1) is 0 Å². The molecule has 5 N–H and O–H groups in total. The highest BCUT2D eigenvalue weighted by Gasteiger charge is 2.68. The lowest BCUT2D eigenvalue weighted by Gasteiger charge is -2.60. The van der Waals surface area contributed by atoms with Gasteiger partial charge in [-0.2, -0.15) is 0 Å². The summed E-state index contributed by atoms with van der Waals surface area (Å²) in [6.45, 7) is 2.49. The number of carbonyl (C=O) groups excluding carboxylic acids is 4. The van der Waals surface area contributed by atoms with E-state index in [-0.39, 0.29) is 41.8 Å². The van der Waals surface area contributed by atoms with E-state index < -0.39 is 72.8 Å². The van der Waals surface area contributed by atoms with Gasteiger partial charge in [0.1, 0.15) is 11.6 Å². The van der Waals surface area contributed by atoms with Crippen molar-refractivity contribution in [2.24, 2.45) is 28.6 Å². The second-order valence-corrected chi connectivity index (χ2v) is 12.2. The van der Waals surface area contributed by atoms with Gasteiger partial charge in [-0.25, -0.2) is 4.79 Å². The molecule has 3 fully saturated rings. The van der Waals surface area contributed by atoms with Crippen LogP contribution in [0.25, 0.3) is 0 Å². The first kappa shape index (κ1) is 29.4. The van der Waals surface area contributed by atoms with Gasteiger partial charge in [0.05, 0.1) is 19.1 Å². The third kappa shape index (κ3) is 5.04. The van der Waals surface area contributed by atoms with E-state index in [1.54, 1.807) is 6.08 Å². The quantitative estimate of drug-likeness (QED) is 0.256. The summed E-state index contributed by atoms with van der Waals surface area (Å²) in [6.07, 6.45) is 3.88. The Balaban J connectivity index is 1.39. The van der Waals surface area contributed by atoms with Crippen molar-refractivity contribution in [2.45, 2.75) is 89.4 Å². The number of aliphatic hydroxyl groups excluding tert-OH is 2. The first-order valence-corrected chi connectivity index (χ1v) is 13.7. The standard InChI is InChI=1S/C28H39NO10/c1-26-9-7-16(31)11-15(26)3-4-17-18-8-10-28(38,27(18,2)12-20(32)24(17)26)21(33)14-39-23(35)6-5-22(34)29-19(13-30)25(36)37/h11,17-20,24,30,32,38H,3-10,12-14H2,1-2H3,(H,29,34)(H,36,37)/t17-,18+,19-,20-,24+,26-,27+,28-/m1/s1. The van der Waals surface area contributed by atoms with Crippen molar-refractivity contribution < 1.29 is 49.1 Å². The molecule has 216 valence electrons. The summed E-state index contributed by atoms with van der Waals surface area (Å²) in [7, 11) is 0. The van der Waals surface area contributed by atoms with Crippen LogP contribution in [0.1, 0.15) is 71.6 Å². The molecule has 0 heterocycles. The number of fused-ring (bicyclic) bond motifs is 5. The zero-order chi connectivity index (χ0) is 28.8. The highest BCUT2D eigenvalue weighted by atomic mass is 16.5. The SMILES string of the molecule is C[C@]12C[C@@H](O)[C@@H]3[C@H](CCC4=CC(=O)CC[C@]43C)[C@@H]1CC[C@@]2(O)C(=O)COC(=O)CCC(=O)N[C@H](CO)C(=O)O. The molecule has 4 aliphatic carbocycles. The summed E-state index contributed by atoms with van der Waals surface area (Å²) in [5.74, 6) is -3.53. The van der Waals surface area contributed by atoms with E-state index in [0.717, 1.165) is 18.4 Å². The van der Waals surface area contributed by atoms with Crippen LogP contribution in [0.2, 0.25) is 0 Å². The van der Waals surface area contributed by atoms with E-state index in [0.29, 0.717) is 19.3 Å². The van der Waals surface area contributed by atoms with Crippen LogP contribution in [0, 0.1) is 28.6 Å². The molecule has 8 atom stereocenters. The van der Waals surface area contributed by atoms with Gasteiger partial charge in [-0.3, -0.25) is 19.2 Å². The topological polar surface area (TPSA) is 188 Å². The number of esters is 1. The monoisotopic (exact) mass is 549 g/mol. The van der Waals surface area contributed by atoms with Gasteiger partial charge in [0.25, 0.3) is 0 Å². The minimum Gasteiger partial charge on any atom is -0.480 e. The average molecular weight is 550 g/mol. The maximum absolute atomic E-state index is 13.3. The molecule has 0 aromatic rings. The van der Waals surface area contributed by atoms with E-state index in [9.17, 15) is 34.2 Å². The third-order valence-electron chi connectivity index (χ3n) is 10.2. The van der Waals surface area contributed by atoms with Crippen molar-refractivity contribution in [2.75, 3.05) is 13.2 Å². The predicted octanol–water partition coefficient (Wildman–Crippen LogP) is 0.674. The minimum atomic E-state index is -1.78. The average Bonchev–Trinajstić information content (AvgIpc) is 3.15. The number of ether oxygens (including phenoxy) is 1. The van der Waals surface area contributed by atoms with Crippen molar-refractivity contribution >= 4 is 29.4 Å². The molecule has 39 heavy (non-hydrogen) atoms. The lowest BCUT2D eigenvalue weighted by molar-refractivity contribution is -0.184. The Bertz CT molecular complexity index is 1090. The van der Waals surface area contributed by atoms with Crippen molar-refractivity contribution in [1.82, 2.24) is 5.32 Å². The van der Waals surface area contributed by atoms with Crippen LogP contribution < -0.4 is 5.32 Å². The molecular formula is C28H39NO10. The Hall–Kier alpha value is -2.63. The molecular weight excluding hydrogens is 510 g/mol. The molecule has 11 nitrogen and oxygen atoms in total. The molecule has 0 aliphatic heterocycles. The van der Waals surface area contributed by atoms with Gasteiger partial charge < -0.3 is 30.5 Å². The van der Waals surface area contributed by atoms with Crippen molar-refractivity contribution in [3.8, 4) is 0 Å². The van der Waals surface area contributed by atoms with Crippen LogP contribution in [0.5, 0.6) is 0 Å². The number of rotatable bonds is 9. The number of aliphatic hydroxyl groups is 3. The molecule has 4 rings (SSSR count). The summed E-state index contributed by atoms with van der Waals surface area (Å²) in [4.78, 5) is 60.3. The number of allylic oxidation sites excluding steroid dienone is 1. The fraction of sp³-hybridized carbons (Fsp3) is 0.750. The lowest BCUT2D eigenvalue weighted by Crippen LogP contribution is -2.62. The Morgan fingerprint density at radius 3 is 2.51 bits per heavy atom. The molecule has 1 amide bonds. The summed E-state index contributed by atoms with van der Waals surface area (Å²) < 4.78 is 5.07. The zero-order valence-corrected chi connectivity index (χ0v) is 22.5. The number of amides is 1. The van der Waals surface area contributed by atoms with Gasteiger partial charge in [0.15, 0.2) is 12.4 Å². The van der Waals surface area contributed by atoms with Crippen LogP contribution in [0.3, 0.4) is 0 Å². The number of carboxylic acid groups (broad SMARTS) is 1. The molecule has 0 spiro atoms. The Kier molecular flexibility index (Phi) is 8.08. The van der Waals surface area contributed by atoms with Gasteiger partial charge in [-0.05, 0) is 67.8 Å². The first-order chi connectivity index (χ1) is 18.3. The number of hydrogen-bond acceptors (Lipinski definition) is 9. The fourth-order valence-electron chi connectivity index (χ4n) is 8.16. The number of hydrogen-bond donors (Lipinski definition) is 5. The fourth-order valence-corrected chi connectivity index (χ4v) is 8.16. The van der Waals surface area contributed by atoms with Crippen molar-refractivity contribution in [1.29, 1.82) is 0 Å². The molecule has 0 unspecified atom stereocenters. The maximum Gasteiger partial charge on any atom is 0.328 e. The second-order valence-electron chi connectivity index (χ2n) is 12.2. The molecule has 0 aromatic heterocycles. The van der Waals surface area contributed by atoms with E-state index in [1.807, 2.05) is 6.92 Å². The molecule has 0 radical (unpaired) electrons. The molecule has 11 heteroatoms. The second kappa shape index (κ2) is 10.7. The first-order valence-electron chi connectivity index (χ1n) is 13.7. The van der Waals surface area contributed by atoms with Gasteiger partial charge in [0.2, 0.25) is 11.7 Å². The molecule has 4 aliphatic rings. The largest absolute Gasteiger partial charge is 0.480 e. The summed E-state index contributed by atoms with van der Waals surface area (Å²) in [5.41, 5.74) is -1.88. The molecule has 0 bridgehead atoms. The highest BCUT2D eigenvalue weighted by molar-refractivity contribution is 5.92. The Morgan fingerprint density at radius 2 is 1.85 bits per heavy atom. The molecule has 0 saturated heterocycles. The summed E-state index contributed by atoms with van der Waals surface area (Å²) >= 11 is 0. The number of nitrogens with one attached hydrogen (secondary N) is 1. The van der Waals surface area contributed by atoms with E-state index in [4.69, 9.17) is 14.9 Å². The van der Waals surface area contributed by atoms with Gasteiger partial charge in [-0.1, -0.05) is 19.4 Å². The smallest absolute Gasteiger partial charge is 0.328 e. The van der Waals surface area contributed by atoms with Crippen LogP contribution in [-0.4, -0.2) is 80.8 Å². The van der Waals surface area contributed by atoms with E-state index in [2.05, 4.69) is 12.2 Å². The summed E-state index contributed by atoms with van der Waals surface area (Å²) in [5, 5.41) is 43.1. The minimum absolute atomic E-state index is 0.0102. The molecule has 3 saturated carbocycles. The van der Waals surface area contributed by atoms with Crippen LogP contribution in [0.15, 0.2) is 11.6 Å². The number of Topliss-reactive ketones (excluding diaryl/α,β-unsaturated/α-hetero) is 1. The number of aliphatic carboxylic acids is 1. The van der Waals surface area contributed by atoms with Crippen LogP contribution in [-0.2, 0) is 28.7 Å². The maximum atomic E-state index is 13.3. The van der Waals surface area contributed by atoms with Crippen LogP contribution >= 0.6 is 0 Å². The number of ketones is 2. The van der Waals surface area contributed by atoms with Crippen molar-refractivity contribution in [3.63, 3.8) is 0 Å². The Labute approximate surface area is 227 Å². The number of carbonyl (C=O) groups is 5. The normalized spacial score (nSPS) is 38.0. The van der Waals surface area contributed by atoms with Crippen LogP contribution in [0.4, 0.5) is 0 Å². The number of carboxylic acids is 1. The summed E-state index contributed by atoms with van der Waals surface area (Å²) in [6, 6.07) is -1.49. The van der Waals surface area contributed by atoms with Gasteiger partial charge in [0, 0.05) is 18.3 Å². The zero-order valence-electron chi connectivity index (χ0n) is 22.5. The molecule has 0 aromatic carbocycles. The van der Waals surface area contributed by atoms with E-state index in [1.165, 1.54) is 0 Å². The lowest BCUT2D eigenvalue weighted by atomic mass is 9.45. The van der Waals surface area contributed by atoms with Crippen molar-refractivity contribution in [3.05, 3.63) is 11.6 Å². The van der Waals surface area contributed by atoms with Gasteiger partial charge >= 0.3 is 11.9 Å². The Morgan fingerprint density at radius 1 is 1.13 bits per heavy atom. The highest BCUT2D eigenvalue weighted by Crippen LogP contribution is 2.67.